The molecule has 146 valence electrons. The van der Waals surface area contributed by atoms with Crippen LogP contribution in [0.2, 0.25) is 0 Å². The first-order chi connectivity index (χ1) is 13.6. The largest absolute Gasteiger partial charge is 0.488 e. The maximum Gasteiger partial charge on any atom is 0.253 e. The van der Waals surface area contributed by atoms with Gasteiger partial charge in [-0.05, 0) is 57.6 Å². The van der Waals surface area contributed by atoms with Gasteiger partial charge in [0.25, 0.3) is 5.91 Å². The highest BCUT2D eigenvalue weighted by atomic mass is 32.1. The van der Waals surface area contributed by atoms with E-state index in [4.69, 9.17) is 4.74 Å². The second kappa shape index (κ2) is 8.33. The van der Waals surface area contributed by atoms with E-state index < -0.39 is 0 Å². The number of nitrogens with zero attached hydrogens (tertiary/aromatic N) is 1. The van der Waals surface area contributed by atoms with Gasteiger partial charge in [0.1, 0.15) is 12.4 Å². The number of rotatable bonds is 5. The summed E-state index contributed by atoms with van der Waals surface area (Å²) in [6.45, 7) is 4.57. The molecule has 1 aliphatic heterocycles. The average molecular weight is 395 g/mol. The number of nitrogens with one attached hydrogen (secondary N) is 1. The van der Waals surface area contributed by atoms with Crippen LogP contribution in [-0.4, -0.2) is 37.0 Å². The number of ether oxygens (including phenoxy) is 1. The molecule has 1 amide bonds. The van der Waals surface area contributed by atoms with Crippen molar-refractivity contribution < 1.29 is 9.53 Å². The van der Waals surface area contributed by atoms with Gasteiger partial charge in [0.2, 0.25) is 0 Å². The Kier molecular flexibility index (Phi) is 5.64. The third kappa shape index (κ3) is 4.05. The van der Waals surface area contributed by atoms with Crippen LogP contribution in [0.5, 0.6) is 5.75 Å². The van der Waals surface area contributed by atoms with Crippen molar-refractivity contribution in [2.75, 3.05) is 20.1 Å². The number of fused-ring (bicyclic) bond motifs is 1. The molecular formula is C23H26N2O2S. The maximum atomic E-state index is 13.1. The topological polar surface area (TPSA) is 41.6 Å². The van der Waals surface area contributed by atoms with Gasteiger partial charge in [-0.2, -0.15) is 0 Å². The normalized spacial score (nSPS) is 15.6. The van der Waals surface area contributed by atoms with E-state index in [1.807, 2.05) is 49.4 Å². The van der Waals surface area contributed by atoms with Crippen molar-refractivity contribution in [3.63, 3.8) is 0 Å². The molecule has 2 aromatic carbocycles. The molecule has 0 atom stereocenters. The van der Waals surface area contributed by atoms with Crippen molar-refractivity contribution in [3.05, 3.63) is 64.5 Å². The van der Waals surface area contributed by atoms with Crippen LogP contribution in [0.15, 0.2) is 48.5 Å². The van der Waals surface area contributed by atoms with Crippen LogP contribution in [0.25, 0.3) is 10.1 Å². The molecule has 1 fully saturated rings. The van der Waals surface area contributed by atoms with E-state index >= 15 is 0 Å². The van der Waals surface area contributed by atoms with E-state index in [2.05, 4.69) is 23.3 Å². The molecular weight excluding hydrogens is 368 g/mol. The Morgan fingerprint density at radius 2 is 1.89 bits per heavy atom. The van der Waals surface area contributed by atoms with E-state index in [0.29, 0.717) is 6.61 Å². The highest BCUT2D eigenvalue weighted by Gasteiger charge is 2.24. The number of likely N-dealkylation sites (tertiary alicyclic amines) is 1. The third-order valence-corrected chi connectivity index (χ3v) is 6.44. The standard InChI is InChI=1S/C23H26N2O2S/c1-16-21(23(26)24-18-11-13-25(2)14-12-18)22-19(9-6-10-20(22)28-16)27-15-17-7-4-3-5-8-17/h3-10,18H,11-15H2,1-2H3,(H,24,26). The first-order valence-electron chi connectivity index (χ1n) is 9.80. The lowest BCUT2D eigenvalue weighted by Gasteiger charge is -2.29. The zero-order valence-electron chi connectivity index (χ0n) is 16.4. The minimum Gasteiger partial charge on any atom is -0.488 e. The van der Waals surface area contributed by atoms with Gasteiger partial charge in [0.15, 0.2) is 0 Å². The fourth-order valence-electron chi connectivity index (χ4n) is 3.77. The molecule has 1 aliphatic rings. The molecule has 28 heavy (non-hydrogen) atoms. The van der Waals surface area contributed by atoms with Gasteiger partial charge >= 0.3 is 0 Å². The van der Waals surface area contributed by atoms with Crippen LogP contribution >= 0.6 is 11.3 Å². The minimum atomic E-state index is 0.0223. The molecule has 0 unspecified atom stereocenters. The van der Waals surface area contributed by atoms with Crippen LogP contribution in [0.1, 0.15) is 33.6 Å². The summed E-state index contributed by atoms with van der Waals surface area (Å²) in [5, 5.41) is 4.20. The zero-order valence-corrected chi connectivity index (χ0v) is 17.2. The number of amides is 1. The quantitative estimate of drug-likeness (QED) is 0.687. The van der Waals surface area contributed by atoms with Crippen LogP contribution in [0.3, 0.4) is 0 Å². The Bertz CT molecular complexity index is 959. The summed E-state index contributed by atoms with van der Waals surface area (Å²) in [5.41, 5.74) is 1.88. The van der Waals surface area contributed by atoms with Gasteiger partial charge in [0.05, 0.1) is 5.56 Å². The van der Waals surface area contributed by atoms with E-state index in [0.717, 1.165) is 57.8 Å². The van der Waals surface area contributed by atoms with E-state index in [1.54, 1.807) is 11.3 Å². The number of carbonyl (C=O) groups excluding carboxylic acids is 1. The minimum absolute atomic E-state index is 0.0223. The maximum absolute atomic E-state index is 13.1. The average Bonchev–Trinajstić information content (AvgIpc) is 3.05. The Balaban J connectivity index is 1.59. The lowest BCUT2D eigenvalue weighted by Crippen LogP contribution is -2.43. The van der Waals surface area contributed by atoms with Gasteiger partial charge in [0, 0.05) is 21.0 Å². The number of hydrogen-bond acceptors (Lipinski definition) is 4. The number of carbonyl (C=O) groups is 1. The molecule has 0 aliphatic carbocycles. The summed E-state index contributed by atoms with van der Waals surface area (Å²) in [7, 11) is 2.13. The predicted molar refractivity (Wildman–Crippen MR) is 115 cm³/mol. The Morgan fingerprint density at radius 1 is 1.14 bits per heavy atom. The molecule has 4 nitrogen and oxygen atoms in total. The lowest BCUT2D eigenvalue weighted by molar-refractivity contribution is 0.0918. The second-order valence-electron chi connectivity index (χ2n) is 7.49. The summed E-state index contributed by atoms with van der Waals surface area (Å²) >= 11 is 1.66. The van der Waals surface area contributed by atoms with Crippen LogP contribution < -0.4 is 10.1 Å². The molecule has 0 saturated carbocycles. The van der Waals surface area contributed by atoms with E-state index in [-0.39, 0.29) is 11.9 Å². The molecule has 5 heteroatoms. The number of aryl methyl sites for hydroxylation is 1. The summed E-state index contributed by atoms with van der Waals surface area (Å²) in [6, 6.07) is 16.4. The van der Waals surface area contributed by atoms with Gasteiger partial charge in [-0.1, -0.05) is 36.4 Å². The van der Waals surface area contributed by atoms with Gasteiger partial charge in [-0.25, -0.2) is 0 Å². The van der Waals surface area contributed by atoms with Crippen molar-refractivity contribution in [2.45, 2.75) is 32.4 Å². The van der Waals surface area contributed by atoms with E-state index in [9.17, 15) is 4.79 Å². The second-order valence-corrected chi connectivity index (χ2v) is 8.74. The molecule has 1 N–H and O–H groups in total. The fraction of sp³-hybridized carbons (Fsp3) is 0.348. The summed E-state index contributed by atoms with van der Waals surface area (Å²) in [5.74, 6) is 0.799. The van der Waals surface area contributed by atoms with Crippen molar-refractivity contribution >= 4 is 27.3 Å². The summed E-state index contributed by atoms with van der Waals surface area (Å²) in [4.78, 5) is 16.5. The van der Waals surface area contributed by atoms with Crippen molar-refractivity contribution in [1.82, 2.24) is 10.2 Å². The van der Waals surface area contributed by atoms with Gasteiger partial charge in [-0.15, -0.1) is 11.3 Å². The molecule has 0 spiro atoms. The summed E-state index contributed by atoms with van der Waals surface area (Å²) < 4.78 is 7.23. The summed E-state index contributed by atoms with van der Waals surface area (Å²) in [6.07, 6.45) is 2.00. The Morgan fingerprint density at radius 3 is 2.64 bits per heavy atom. The number of thiophene rings is 1. The Labute approximate surface area is 170 Å². The molecule has 1 saturated heterocycles. The number of hydrogen-bond donors (Lipinski definition) is 1. The third-order valence-electron chi connectivity index (χ3n) is 5.37. The van der Waals surface area contributed by atoms with Crippen molar-refractivity contribution in [1.29, 1.82) is 0 Å². The van der Waals surface area contributed by atoms with Crippen LogP contribution in [0.4, 0.5) is 0 Å². The molecule has 2 heterocycles. The number of piperidine rings is 1. The molecule has 4 rings (SSSR count). The predicted octanol–water partition coefficient (Wildman–Crippen LogP) is 4.61. The lowest BCUT2D eigenvalue weighted by atomic mass is 10.0. The van der Waals surface area contributed by atoms with Gasteiger partial charge < -0.3 is 15.0 Å². The zero-order chi connectivity index (χ0) is 19.5. The van der Waals surface area contributed by atoms with Crippen LogP contribution in [0, 0.1) is 6.92 Å². The monoisotopic (exact) mass is 394 g/mol. The van der Waals surface area contributed by atoms with Crippen LogP contribution in [-0.2, 0) is 6.61 Å². The van der Waals surface area contributed by atoms with Gasteiger partial charge in [-0.3, -0.25) is 4.79 Å². The molecule has 0 radical (unpaired) electrons. The smallest absolute Gasteiger partial charge is 0.253 e. The molecule has 1 aromatic heterocycles. The SMILES string of the molecule is Cc1sc2cccc(OCc3ccccc3)c2c1C(=O)NC1CCN(C)CC1. The van der Waals surface area contributed by atoms with E-state index in [1.165, 1.54) is 0 Å². The highest BCUT2D eigenvalue weighted by Crippen LogP contribution is 2.37. The first kappa shape index (κ1) is 19.0. The van der Waals surface area contributed by atoms with Crippen molar-refractivity contribution in [3.8, 4) is 5.75 Å². The Hall–Kier alpha value is -2.37. The fourth-order valence-corrected chi connectivity index (χ4v) is 4.85. The molecule has 0 bridgehead atoms. The number of benzene rings is 2. The molecule has 3 aromatic rings. The highest BCUT2D eigenvalue weighted by molar-refractivity contribution is 7.19. The first-order valence-corrected chi connectivity index (χ1v) is 10.6. The van der Waals surface area contributed by atoms with Crippen molar-refractivity contribution in [2.24, 2.45) is 0 Å².